The Morgan fingerprint density at radius 1 is 1.24 bits per heavy atom. The van der Waals surface area contributed by atoms with Crippen LogP contribution in [0.4, 0.5) is 0 Å². The van der Waals surface area contributed by atoms with Gasteiger partial charge >= 0.3 is 0 Å². The van der Waals surface area contributed by atoms with Crippen LogP contribution in [-0.2, 0) is 6.42 Å². The lowest BCUT2D eigenvalue weighted by Gasteiger charge is -2.24. The number of piperidine rings is 1. The molecule has 2 heterocycles. The van der Waals surface area contributed by atoms with Crippen LogP contribution in [-0.4, -0.2) is 22.9 Å². The molecular weight excluding hydrogens is 262 g/mol. The van der Waals surface area contributed by atoms with E-state index in [-0.39, 0.29) is 11.6 Å². The number of nitrogens with one attached hydrogen (secondary N) is 1. The summed E-state index contributed by atoms with van der Waals surface area (Å²) in [6.45, 7) is 4.12. The number of hydrogen-bond acceptors (Lipinski definition) is 3. The Morgan fingerprint density at radius 2 is 1.95 bits per heavy atom. The fourth-order valence-electron chi connectivity index (χ4n) is 3.10. The number of benzene rings is 1. The summed E-state index contributed by atoms with van der Waals surface area (Å²) in [6.07, 6.45) is 5.17. The SMILES string of the molecule is CCCCc1nn(C2CCNCC2)c(=O)c2ccccc12. The summed E-state index contributed by atoms with van der Waals surface area (Å²) in [5.74, 6) is 0. The summed E-state index contributed by atoms with van der Waals surface area (Å²) in [5, 5.41) is 9.93. The topological polar surface area (TPSA) is 46.9 Å². The lowest BCUT2D eigenvalue weighted by Crippen LogP contribution is -2.36. The number of aromatic nitrogens is 2. The van der Waals surface area contributed by atoms with E-state index in [9.17, 15) is 4.79 Å². The van der Waals surface area contributed by atoms with Crippen LogP contribution in [0, 0.1) is 0 Å². The van der Waals surface area contributed by atoms with Gasteiger partial charge in [-0.1, -0.05) is 31.5 Å². The van der Waals surface area contributed by atoms with Crippen molar-refractivity contribution in [3.8, 4) is 0 Å². The average Bonchev–Trinajstić information content (AvgIpc) is 2.55. The van der Waals surface area contributed by atoms with E-state index in [4.69, 9.17) is 5.10 Å². The minimum absolute atomic E-state index is 0.0674. The normalized spacial score (nSPS) is 16.4. The maximum atomic E-state index is 12.7. The van der Waals surface area contributed by atoms with Crippen molar-refractivity contribution in [2.75, 3.05) is 13.1 Å². The number of fused-ring (bicyclic) bond motifs is 1. The van der Waals surface area contributed by atoms with Crippen LogP contribution in [0.3, 0.4) is 0 Å². The Hall–Kier alpha value is -1.68. The summed E-state index contributed by atoms with van der Waals surface area (Å²) in [7, 11) is 0. The van der Waals surface area contributed by atoms with Crippen LogP contribution in [0.2, 0.25) is 0 Å². The molecule has 0 unspecified atom stereocenters. The molecule has 1 aliphatic rings. The lowest BCUT2D eigenvalue weighted by atomic mass is 10.0. The molecule has 1 N–H and O–H groups in total. The standard InChI is InChI=1S/C17H23N3O/c1-2-3-8-16-14-6-4-5-7-15(14)17(21)20(19-16)13-9-11-18-12-10-13/h4-7,13,18H,2-3,8-12H2,1H3. The molecule has 4 nitrogen and oxygen atoms in total. The lowest BCUT2D eigenvalue weighted by molar-refractivity contribution is 0.331. The molecule has 4 heteroatoms. The van der Waals surface area contributed by atoms with Crippen molar-refractivity contribution in [2.45, 2.75) is 45.1 Å². The highest BCUT2D eigenvalue weighted by Crippen LogP contribution is 2.20. The van der Waals surface area contributed by atoms with E-state index in [1.54, 1.807) is 4.68 Å². The molecular formula is C17H23N3O. The van der Waals surface area contributed by atoms with Crippen LogP contribution in [0.1, 0.15) is 44.3 Å². The van der Waals surface area contributed by atoms with Gasteiger partial charge in [0.1, 0.15) is 0 Å². The molecule has 1 aromatic carbocycles. The highest BCUT2D eigenvalue weighted by molar-refractivity contribution is 5.83. The van der Waals surface area contributed by atoms with Gasteiger partial charge in [-0.2, -0.15) is 5.10 Å². The van der Waals surface area contributed by atoms with Gasteiger partial charge in [0.2, 0.25) is 0 Å². The van der Waals surface area contributed by atoms with E-state index in [0.717, 1.165) is 61.7 Å². The molecule has 1 aliphatic heterocycles. The maximum absolute atomic E-state index is 12.7. The van der Waals surface area contributed by atoms with Gasteiger partial charge in [0, 0.05) is 5.39 Å². The van der Waals surface area contributed by atoms with Crippen molar-refractivity contribution in [1.82, 2.24) is 15.1 Å². The molecule has 112 valence electrons. The second-order valence-corrected chi connectivity index (χ2v) is 5.83. The van der Waals surface area contributed by atoms with Crippen LogP contribution >= 0.6 is 0 Å². The van der Waals surface area contributed by atoms with Crippen molar-refractivity contribution in [3.05, 3.63) is 40.3 Å². The Bertz CT molecular complexity index is 671. The first kappa shape index (κ1) is 14.3. The predicted octanol–water partition coefficient (Wildman–Crippen LogP) is 2.66. The Labute approximate surface area is 125 Å². The molecule has 21 heavy (non-hydrogen) atoms. The van der Waals surface area contributed by atoms with Gasteiger partial charge in [0.25, 0.3) is 5.56 Å². The monoisotopic (exact) mass is 285 g/mol. The Morgan fingerprint density at radius 3 is 2.67 bits per heavy atom. The molecule has 3 rings (SSSR count). The smallest absolute Gasteiger partial charge is 0.274 e. The first-order valence-electron chi connectivity index (χ1n) is 8.02. The zero-order valence-electron chi connectivity index (χ0n) is 12.6. The molecule has 2 aromatic rings. The molecule has 1 saturated heterocycles. The molecule has 0 bridgehead atoms. The Kier molecular flexibility index (Phi) is 4.34. The first-order chi connectivity index (χ1) is 10.3. The highest BCUT2D eigenvalue weighted by atomic mass is 16.1. The van der Waals surface area contributed by atoms with Crippen molar-refractivity contribution < 1.29 is 0 Å². The number of aryl methyl sites for hydroxylation is 1. The van der Waals surface area contributed by atoms with Crippen molar-refractivity contribution in [2.24, 2.45) is 0 Å². The van der Waals surface area contributed by atoms with E-state index in [1.807, 2.05) is 24.3 Å². The zero-order chi connectivity index (χ0) is 14.7. The second-order valence-electron chi connectivity index (χ2n) is 5.83. The van der Waals surface area contributed by atoms with Gasteiger partial charge in [0.05, 0.1) is 17.1 Å². The molecule has 0 aliphatic carbocycles. The third-order valence-electron chi connectivity index (χ3n) is 4.33. The third kappa shape index (κ3) is 2.86. The molecule has 1 aromatic heterocycles. The molecule has 0 saturated carbocycles. The average molecular weight is 285 g/mol. The number of hydrogen-bond donors (Lipinski definition) is 1. The summed E-state index contributed by atoms with van der Waals surface area (Å²) in [4.78, 5) is 12.7. The second kappa shape index (κ2) is 6.39. The van der Waals surface area contributed by atoms with E-state index in [1.165, 1.54) is 0 Å². The fraction of sp³-hybridized carbons (Fsp3) is 0.529. The molecule has 0 spiro atoms. The highest BCUT2D eigenvalue weighted by Gasteiger charge is 2.19. The van der Waals surface area contributed by atoms with Crippen LogP contribution in [0.15, 0.2) is 29.1 Å². The number of nitrogens with zero attached hydrogens (tertiary/aromatic N) is 2. The van der Waals surface area contributed by atoms with Gasteiger partial charge in [-0.3, -0.25) is 4.79 Å². The van der Waals surface area contributed by atoms with Crippen molar-refractivity contribution in [1.29, 1.82) is 0 Å². The van der Waals surface area contributed by atoms with Gasteiger partial charge < -0.3 is 5.32 Å². The summed E-state index contributed by atoms with van der Waals surface area (Å²) < 4.78 is 1.76. The van der Waals surface area contributed by atoms with E-state index < -0.39 is 0 Å². The van der Waals surface area contributed by atoms with Gasteiger partial charge in [-0.15, -0.1) is 0 Å². The van der Waals surface area contributed by atoms with Gasteiger partial charge in [-0.25, -0.2) is 4.68 Å². The van der Waals surface area contributed by atoms with Crippen LogP contribution in [0.25, 0.3) is 10.8 Å². The van der Waals surface area contributed by atoms with Gasteiger partial charge in [0.15, 0.2) is 0 Å². The predicted molar refractivity (Wildman–Crippen MR) is 85.8 cm³/mol. The fourth-order valence-corrected chi connectivity index (χ4v) is 3.10. The molecule has 0 radical (unpaired) electrons. The molecule has 0 atom stereocenters. The first-order valence-corrected chi connectivity index (χ1v) is 8.02. The van der Waals surface area contributed by atoms with Gasteiger partial charge in [-0.05, 0) is 44.8 Å². The van der Waals surface area contributed by atoms with E-state index >= 15 is 0 Å². The van der Waals surface area contributed by atoms with E-state index in [0.29, 0.717) is 0 Å². The zero-order valence-corrected chi connectivity index (χ0v) is 12.6. The minimum Gasteiger partial charge on any atom is -0.317 e. The van der Waals surface area contributed by atoms with E-state index in [2.05, 4.69) is 12.2 Å². The molecule has 1 fully saturated rings. The summed E-state index contributed by atoms with van der Waals surface area (Å²) in [5.41, 5.74) is 1.14. The molecule has 0 amide bonds. The van der Waals surface area contributed by atoms with Crippen LogP contribution < -0.4 is 10.9 Å². The third-order valence-corrected chi connectivity index (χ3v) is 4.33. The quantitative estimate of drug-likeness (QED) is 0.939. The van der Waals surface area contributed by atoms with Crippen LogP contribution in [0.5, 0.6) is 0 Å². The summed E-state index contributed by atoms with van der Waals surface area (Å²) >= 11 is 0. The van der Waals surface area contributed by atoms with Crippen molar-refractivity contribution in [3.63, 3.8) is 0 Å². The number of unbranched alkanes of at least 4 members (excludes halogenated alkanes) is 1. The van der Waals surface area contributed by atoms with Crippen molar-refractivity contribution >= 4 is 10.8 Å². The summed E-state index contributed by atoms with van der Waals surface area (Å²) in [6, 6.07) is 8.14. The minimum atomic E-state index is 0.0674. The maximum Gasteiger partial charge on any atom is 0.274 e. The number of rotatable bonds is 4. The Balaban J connectivity index is 2.11. The largest absolute Gasteiger partial charge is 0.317 e.